The van der Waals surface area contributed by atoms with Gasteiger partial charge < -0.3 is 5.32 Å². The van der Waals surface area contributed by atoms with E-state index in [2.05, 4.69) is 19.2 Å². The van der Waals surface area contributed by atoms with E-state index in [9.17, 15) is 4.39 Å². The molecule has 0 atom stereocenters. The quantitative estimate of drug-likeness (QED) is 0.487. The highest BCUT2D eigenvalue weighted by atomic mass is 19.1. The lowest BCUT2D eigenvalue weighted by molar-refractivity contribution is 0.148. The molecule has 0 aliphatic carbocycles. The van der Waals surface area contributed by atoms with Gasteiger partial charge in [-0.05, 0) is 26.3 Å². The van der Waals surface area contributed by atoms with Crippen molar-refractivity contribution in [3.05, 3.63) is 0 Å². The van der Waals surface area contributed by atoms with Gasteiger partial charge in [0, 0.05) is 19.1 Å². The van der Waals surface area contributed by atoms with E-state index in [4.69, 9.17) is 0 Å². The summed E-state index contributed by atoms with van der Waals surface area (Å²) < 4.78 is 12.4. The first-order valence-electron chi connectivity index (χ1n) is 5.08. The van der Waals surface area contributed by atoms with Gasteiger partial charge in [0.05, 0.1) is 0 Å². The second-order valence-corrected chi connectivity index (χ2v) is 4.12. The van der Waals surface area contributed by atoms with Gasteiger partial charge in [0.25, 0.3) is 0 Å². The first kappa shape index (κ1) is 12.8. The number of hydrogen-bond acceptors (Lipinski definition) is 2. The first-order valence-corrected chi connectivity index (χ1v) is 5.08. The fourth-order valence-corrected chi connectivity index (χ4v) is 1.07. The smallest absolute Gasteiger partial charge is 0.143 e. The van der Waals surface area contributed by atoms with E-state index in [1.54, 1.807) is 0 Å². The zero-order valence-corrected chi connectivity index (χ0v) is 9.31. The molecule has 0 fully saturated rings. The molecule has 0 aliphatic rings. The average Bonchev–Trinajstić information content (AvgIpc) is 2.03. The molecule has 0 radical (unpaired) electrons. The van der Waals surface area contributed by atoms with Gasteiger partial charge in [0.2, 0.25) is 0 Å². The maximum atomic E-state index is 12.4. The summed E-state index contributed by atoms with van der Waals surface area (Å²) in [5.74, 6) is 0.665. The van der Waals surface area contributed by atoms with Crippen LogP contribution in [0.5, 0.6) is 0 Å². The first-order chi connectivity index (χ1) is 6.07. The van der Waals surface area contributed by atoms with Crippen LogP contribution in [0.25, 0.3) is 0 Å². The Kier molecular flexibility index (Phi) is 7.19. The maximum absolute atomic E-state index is 12.4. The molecule has 0 bridgehead atoms. The van der Waals surface area contributed by atoms with Gasteiger partial charge in [-0.1, -0.05) is 13.8 Å². The van der Waals surface area contributed by atoms with Crippen molar-refractivity contribution in [2.45, 2.75) is 33.7 Å². The van der Waals surface area contributed by atoms with Crippen LogP contribution in [0.3, 0.4) is 0 Å². The molecular weight excluding hydrogens is 167 g/mol. The molecule has 0 saturated heterocycles. The summed E-state index contributed by atoms with van der Waals surface area (Å²) in [6.07, 6.45) is 0. The molecular formula is C10H23FN2. The summed E-state index contributed by atoms with van der Waals surface area (Å²) in [6, 6.07) is 0.297. The molecule has 0 heterocycles. The van der Waals surface area contributed by atoms with E-state index >= 15 is 0 Å². The van der Waals surface area contributed by atoms with E-state index in [0.717, 1.165) is 19.6 Å². The number of nitrogens with one attached hydrogen (secondary N) is 1. The maximum Gasteiger partial charge on any atom is 0.143 e. The Bertz CT molecular complexity index is 115. The van der Waals surface area contributed by atoms with Crippen molar-refractivity contribution in [1.82, 2.24) is 10.2 Å². The Labute approximate surface area is 81.5 Å². The van der Waals surface area contributed by atoms with Gasteiger partial charge in [0.1, 0.15) is 6.80 Å². The third-order valence-electron chi connectivity index (χ3n) is 2.01. The average molecular weight is 190 g/mol. The van der Waals surface area contributed by atoms with Crippen molar-refractivity contribution >= 4 is 0 Å². The van der Waals surface area contributed by atoms with Crippen LogP contribution in [0.4, 0.5) is 4.39 Å². The predicted molar refractivity (Wildman–Crippen MR) is 55.5 cm³/mol. The van der Waals surface area contributed by atoms with Crippen molar-refractivity contribution in [2.24, 2.45) is 5.92 Å². The van der Waals surface area contributed by atoms with Crippen LogP contribution in [0, 0.1) is 5.92 Å². The molecule has 2 nitrogen and oxygen atoms in total. The molecule has 0 aliphatic heterocycles. The number of halogens is 1. The highest BCUT2D eigenvalue weighted by Crippen LogP contribution is 1.96. The minimum Gasteiger partial charge on any atom is -0.315 e. The van der Waals surface area contributed by atoms with Gasteiger partial charge in [-0.25, -0.2) is 4.39 Å². The van der Waals surface area contributed by atoms with Crippen molar-refractivity contribution in [1.29, 1.82) is 0 Å². The third kappa shape index (κ3) is 6.96. The van der Waals surface area contributed by atoms with Crippen molar-refractivity contribution in [3.63, 3.8) is 0 Å². The van der Waals surface area contributed by atoms with Crippen molar-refractivity contribution in [3.8, 4) is 0 Å². The van der Waals surface area contributed by atoms with Crippen LogP contribution < -0.4 is 5.32 Å². The summed E-state index contributed by atoms with van der Waals surface area (Å²) in [4.78, 5) is 1.81. The standard InChI is InChI=1S/C10H23FN2/c1-9(2)7-12-5-6-13(8-11)10(3)4/h9-10,12H,5-8H2,1-4H3. The Morgan fingerprint density at radius 3 is 2.23 bits per heavy atom. The zero-order chi connectivity index (χ0) is 10.3. The molecule has 0 rings (SSSR count). The van der Waals surface area contributed by atoms with E-state index in [-0.39, 0.29) is 6.80 Å². The number of nitrogens with zero attached hydrogens (tertiary/aromatic N) is 1. The van der Waals surface area contributed by atoms with Crippen LogP contribution in [-0.4, -0.2) is 37.4 Å². The molecule has 1 N–H and O–H groups in total. The van der Waals surface area contributed by atoms with Crippen LogP contribution in [0.15, 0.2) is 0 Å². The molecule has 0 aromatic heterocycles. The second-order valence-electron chi connectivity index (χ2n) is 4.12. The van der Waals surface area contributed by atoms with Crippen LogP contribution >= 0.6 is 0 Å². The number of hydrogen-bond donors (Lipinski definition) is 1. The van der Waals surface area contributed by atoms with Crippen LogP contribution in [0.2, 0.25) is 0 Å². The molecule has 0 aromatic carbocycles. The molecule has 80 valence electrons. The Hall–Kier alpha value is -0.150. The lowest BCUT2D eigenvalue weighted by atomic mass is 10.2. The molecule has 13 heavy (non-hydrogen) atoms. The summed E-state index contributed by atoms with van der Waals surface area (Å²) in [7, 11) is 0. The minimum absolute atomic E-state index is 0.297. The lowest BCUT2D eigenvalue weighted by Crippen LogP contribution is -2.37. The van der Waals surface area contributed by atoms with Crippen molar-refractivity contribution < 1.29 is 4.39 Å². The third-order valence-corrected chi connectivity index (χ3v) is 2.01. The Morgan fingerprint density at radius 2 is 1.85 bits per heavy atom. The van der Waals surface area contributed by atoms with Crippen LogP contribution in [-0.2, 0) is 0 Å². The van der Waals surface area contributed by atoms with Gasteiger partial charge >= 0.3 is 0 Å². The summed E-state index contributed by atoms with van der Waals surface area (Å²) in [5.41, 5.74) is 0. The lowest BCUT2D eigenvalue weighted by Gasteiger charge is -2.22. The molecule has 0 amide bonds. The SMILES string of the molecule is CC(C)CNCCN(CF)C(C)C. The Balaban J connectivity index is 3.39. The molecule has 0 spiro atoms. The summed E-state index contributed by atoms with van der Waals surface area (Å²) in [6.45, 7) is 10.7. The number of rotatable bonds is 7. The van der Waals surface area contributed by atoms with Gasteiger partial charge in [0.15, 0.2) is 0 Å². The minimum atomic E-state index is -0.346. The highest BCUT2D eigenvalue weighted by Gasteiger charge is 2.07. The van der Waals surface area contributed by atoms with Crippen molar-refractivity contribution in [2.75, 3.05) is 26.4 Å². The molecule has 0 saturated carbocycles. The van der Waals surface area contributed by atoms with E-state index in [1.807, 2.05) is 18.7 Å². The van der Waals surface area contributed by atoms with E-state index in [0.29, 0.717) is 12.0 Å². The molecule has 3 heteroatoms. The number of alkyl halides is 1. The second kappa shape index (κ2) is 7.27. The van der Waals surface area contributed by atoms with Crippen LogP contribution in [0.1, 0.15) is 27.7 Å². The fourth-order valence-electron chi connectivity index (χ4n) is 1.07. The highest BCUT2D eigenvalue weighted by molar-refractivity contribution is 4.61. The van der Waals surface area contributed by atoms with Gasteiger partial charge in [-0.3, -0.25) is 4.90 Å². The summed E-state index contributed by atoms with van der Waals surface area (Å²) >= 11 is 0. The predicted octanol–water partition coefficient (Wildman–Crippen LogP) is 1.87. The zero-order valence-electron chi connectivity index (χ0n) is 9.31. The largest absolute Gasteiger partial charge is 0.315 e. The topological polar surface area (TPSA) is 15.3 Å². The monoisotopic (exact) mass is 190 g/mol. The van der Waals surface area contributed by atoms with E-state index < -0.39 is 0 Å². The normalized spacial score (nSPS) is 12.0. The van der Waals surface area contributed by atoms with Gasteiger partial charge in [-0.2, -0.15) is 0 Å². The Morgan fingerprint density at radius 1 is 1.23 bits per heavy atom. The van der Waals surface area contributed by atoms with E-state index in [1.165, 1.54) is 0 Å². The molecule has 0 unspecified atom stereocenters. The summed E-state index contributed by atoms with van der Waals surface area (Å²) in [5, 5.41) is 3.30. The van der Waals surface area contributed by atoms with Gasteiger partial charge in [-0.15, -0.1) is 0 Å². The molecule has 0 aromatic rings. The fraction of sp³-hybridized carbons (Fsp3) is 1.00.